The Morgan fingerprint density at radius 2 is 2.11 bits per heavy atom. The van der Waals surface area contributed by atoms with E-state index in [4.69, 9.17) is 11.6 Å². The van der Waals surface area contributed by atoms with Gasteiger partial charge in [-0.25, -0.2) is 4.98 Å². The van der Waals surface area contributed by atoms with Crippen LogP contribution in [0.4, 0.5) is 5.69 Å². The highest BCUT2D eigenvalue weighted by Crippen LogP contribution is 2.56. The van der Waals surface area contributed by atoms with Crippen LogP contribution in [0.2, 0.25) is 0 Å². The van der Waals surface area contributed by atoms with Crippen LogP contribution in [-0.2, 0) is 10.2 Å². The number of imidazole rings is 1. The average molecular weight is 527 g/mol. The third kappa shape index (κ3) is 2.48. The standard InChI is InChI=1S/C20H19Br2ClN4O/c1-19(2)15(23)9-20-12(11-4-3-10(21)7-14(11)26-20)8-16(28)27(20)6-5-13-17(19)25-18(22)24-13/h3-7,12,15,26H,8-9H2,1-2H3,(H,24,25)/b6-5-/t12-,15+,20-/m0/s1. The molecule has 0 bridgehead atoms. The molecule has 3 aliphatic heterocycles. The Labute approximate surface area is 185 Å². The van der Waals surface area contributed by atoms with Crippen molar-refractivity contribution in [3.05, 3.63) is 50.6 Å². The topological polar surface area (TPSA) is 61.0 Å². The number of halogens is 3. The van der Waals surface area contributed by atoms with Crippen LogP contribution in [0, 0.1) is 0 Å². The zero-order valence-electron chi connectivity index (χ0n) is 15.4. The Hall–Kier alpha value is -1.31. The first-order valence-electron chi connectivity index (χ1n) is 9.20. The fourth-order valence-electron chi connectivity index (χ4n) is 4.83. The lowest BCUT2D eigenvalue weighted by Gasteiger charge is -2.41. The summed E-state index contributed by atoms with van der Waals surface area (Å²) in [7, 11) is 0. The number of carbonyl (C=O) groups excluding carboxylic acids is 1. The van der Waals surface area contributed by atoms with Gasteiger partial charge in [0.15, 0.2) is 4.73 Å². The second-order valence-electron chi connectivity index (χ2n) is 8.30. The van der Waals surface area contributed by atoms with Gasteiger partial charge in [-0.15, -0.1) is 11.6 Å². The van der Waals surface area contributed by atoms with Crippen LogP contribution < -0.4 is 5.32 Å². The second-order valence-corrected chi connectivity index (χ2v) is 10.5. The van der Waals surface area contributed by atoms with Crippen molar-refractivity contribution in [2.45, 2.75) is 49.1 Å². The third-order valence-corrected chi connectivity index (χ3v) is 7.97. The predicted molar refractivity (Wildman–Crippen MR) is 117 cm³/mol. The van der Waals surface area contributed by atoms with Gasteiger partial charge in [-0.05, 0) is 39.7 Å². The summed E-state index contributed by atoms with van der Waals surface area (Å²) in [6.45, 7) is 4.25. The minimum atomic E-state index is -0.568. The number of benzene rings is 1. The van der Waals surface area contributed by atoms with Gasteiger partial charge in [0, 0.05) is 45.9 Å². The average Bonchev–Trinajstić information content (AvgIpc) is 3.21. The van der Waals surface area contributed by atoms with Gasteiger partial charge in [0.25, 0.3) is 0 Å². The quantitative estimate of drug-likeness (QED) is 0.456. The monoisotopic (exact) mass is 524 g/mol. The summed E-state index contributed by atoms with van der Waals surface area (Å²) in [5, 5.41) is 3.45. The number of H-pyrrole nitrogens is 1. The SMILES string of the molecule is CC1(C)c2[nH]c(Br)nc2/C=C\N2C(=O)C[C@H]3c4ccc(Br)cc4N[C@]32C[C@H]1Cl. The van der Waals surface area contributed by atoms with Crippen molar-refractivity contribution in [3.8, 4) is 0 Å². The molecule has 5 rings (SSSR count). The molecule has 1 aromatic carbocycles. The maximum absolute atomic E-state index is 13.0. The van der Waals surface area contributed by atoms with E-state index in [-0.39, 0.29) is 22.6 Å². The molecule has 1 fully saturated rings. The molecular weight excluding hydrogens is 508 g/mol. The lowest BCUT2D eigenvalue weighted by molar-refractivity contribution is -0.127. The Morgan fingerprint density at radius 1 is 1.32 bits per heavy atom. The fourth-order valence-corrected chi connectivity index (χ4v) is 5.92. The number of amides is 1. The van der Waals surface area contributed by atoms with Crippen molar-refractivity contribution >= 4 is 61.1 Å². The molecule has 0 saturated carbocycles. The summed E-state index contributed by atoms with van der Waals surface area (Å²) < 4.78 is 1.68. The Kier molecular flexibility index (Phi) is 4.07. The van der Waals surface area contributed by atoms with E-state index in [1.807, 2.05) is 23.2 Å². The van der Waals surface area contributed by atoms with E-state index < -0.39 is 5.66 Å². The number of aromatic nitrogens is 2. The minimum Gasteiger partial charge on any atom is -0.362 e. The number of hydrogen-bond donors (Lipinski definition) is 2. The molecular formula is C20H19Br2ClN4O. The maximum atomic E-state index is 13.0. The number of rotatable bonds is 0. The lowest BCUT2D eigenvalue weighted by atomic mass is 9.78. The third-order valence-electron chi connectivity index (χ3n) is 6.40. The Balaban J connectivity index is 1.68. The van der Waals surface area contributed by atoms with Crippen LogP contribution in [-0.4, -0.2) is 31.8 Å². The molecule has 146 valence electrons. The lowest BCUT2D eigenvalue weighted by Crippen LogP contribution is -2.52. The molecule has 2 N–H and O–H groups in total. The Bertz CT molecular complexity index is 1030. The zero-order chi connectivity index (χ0) is 19.8. The molecule has 1 amide bonds. The molecule has 0 radical (unpaired) electrons. The summed E-state index contributed by atoms with van der Waals surface area (Å²) in [5.41, 5.74) is 3.07. The summed E-state index contributed by atoms with van der Waals surface area (Å²) in [5.74, 6) is 0.156. The number of anilines is 1. The van der Waals surface area contributed by atoms with Crippen LogP contribution in [0.5, 0.6) is 0 Å². The molecule has 2 aromatic rings. The molecule has 1 aromatic heterocycles. The number of carbonyl (C=O) groups is 1. The van der Waals surface area contributed by atoms with Crippen LogP contribution in [0.3, 0.4) is 0 Å². The first kappa shape index (κ1) is 18.7. The summed E-state index contributed by atoms with van der Waals surface area (Å²) in [6, 6.07) is 6.22. The van der Waals surface area contributed by atoms with E-state index in [2.05, 4.69) is 73.1 Å². The number of aromatic amines is 1. The molecule has 1 saturated heterocycles. The summed E-state index contributed by atoms with van der Waals surface area (Å²) in [6.07, 6.45) is 4.86. The largest absolute Gasteiger partial charge is 0.362 e. The number of hydrogen-bond acceptors (Lipinski definition) is 3. The van der Waals surface area contributed by atoms with E-state index in [0.717, 1.165) is 21.5 Å². The van der Waals surface area contributed by atoms with Gasteiger partial charge >= 0.3 is 0 Å². The second kappa shape index (κ2) is 6.09. The molecule has 28 heavy (non-hydrogen) atoms. The molecule has 0 aliphatic carbocycles. The van der Waals surface area contributed by atoms with Gasteiger partial charge in [0.1, 0.15) is 5.66 Å². The van der Waals surface area contributed by atoms with Crippen LogP contribution in [0.15, 0.2) is 33.6 Å². The number of fused-ring (bicyclic) bond motifs is 3. The number of alkyl halides is 1. The molecule has 0 unspecified atom stereocenters. The normalized spacial score (nSPS) is 31.0. The number of nitrogens with one attached hydrogen (secondary N) is 2. The van der Waals surface area contributed by atoms with Crippen LogP contribution >= 0.6 is 43.5 Å². The van der Waals surface area contributed by atoms with Gasteiger partial charge in [-0.3, -0.25) is 9.69 Å². The summed E-state index contributed by atoms with van der Waals surface area (Å²) in [4.78, 5) is 22.7. The maximum Gasteiger partial charge on any atom is 0.229 e. The molecule has 3 atom stereocenters. The van der Waals surface area contributed by atoms with E-state index in [0.29, 0.717) is 17.6 Å². The first-order valence-corrected chi connectivity index (χ1v) is 11.2. The van der Waals surface area contributed by atoms with Crippen molar-refractivity contribution in [1.29, 1.82) is 0 Å². The van der Waals surface area contributed by atoms with Gasteiger partial charge in [0.2, 0.25) is 5.91 Å². The highest BCUT2D eigenvalue weighted by Gasteiger charge is 2.59. The van der Waals surface area contributed by atoms with Crippen molar-refractivity contribution in [2.24, 2.45) is 0 Å². The van der Waals surface area contributed by atoms with E-state index in [9.17, 15) is 4.79 Å². The fraction of sp³-hybridized carbons (Fsp3) is 0.400. The molecule has 3 aliphatic rings. The van der Waals surface area contributed by atoms with Gasteiger partial charge < -0.3 is 10.3 Å². The minimum absolute atomic E-state index is 0.0564. The molecule has 5 nitrogen and oxygen atoms in total. The van der Waals surface area contributed by atoms with E-state index >= 15 is 0 Å². The van der Waals surface area contributed by atoms with Gasteiger partial charge in [-0.2, -0.15) is 0 Å². The van der Waals surface area contributed by atoms with E-state index in [1.165, 1.54) is 5.56 Å². The molecule has 8 heteroatoms. The summed E-state index contributed by atoms with van der Waals surface area (Å²) >= 11 is 14.1. The predicted octanol–water partition coefficient (Wildman–Crippen LogP) is 5.33. The smallest absolute Gasteiger partial charge is 0.229 e. The van der Waals surface area contributed by atoms with Gasteiger partial charge in [-0.1, -0.05) is 35.8 Å². The zero-order valence-corrected chi connectivity index (χ0v) is 19.3. The van der Waals surface area contributed by atoms with Crippen molar-refractivity contribution in [3.63, 3.8) is 0 Å². The van der Waals surface area contributed by atoms with Crippen molar-refractivity contribution < 1.29 is 4.79 Å². The van der Waals surface area contributed by atoms with Crippen LogP contribution in [0.25, 0.3) is 6.08 Å². The van der Waals surface area contributed by atoms with Crippen molar-refractivity contribution in [2.75, 3.05) is 5.32 Å². The number of nitrogens with zero attached hydrogens (tertiary/aromatic N) is 2. The van der Waals surface area contributed by atoms with Gasteiger partial charge in [0.05, 0.1) is 11.4 Å². The first-order chi connectivity index (χ1) is 13.2. The highest BCUT2D eigenvalue weighted by atomic mass is 79.9. The molecule has 1 spiro atoms. The molecule has 4 heterocycles. The van der Waals surface area contributed by atoms with Crippen molar-refractivity contribution in [1.82, 2.24) is 14.9 Å². The Morgan fingerprint density at radius 3 is 2.89 bits per heavy atom. The highest BCUT2D eigenvalue weighted by molar-refractivity contribution is 9.10. The van der Waals surface area contributed by atoms with Crippen LogP contribution in [0.1, 0.15) is 49.6 Å². The van der Waals surface area contributed by atoms with E-state index in [1.54, 1.807) is 0 Å².